The number of fused-ring (bicyclic) bond motifs is 2. The van der Waals surface area contributed by atoms with E-state index in [9.17, 15) is 39.3 Å². The fraction of sp³-hybridized carbons (Fsp3) is 0.448. The number of hydrogen-bond acceptors (Lipinski definition) is 14. The lowest BCUT2D eigenvalue weighted by Crippen LogP contribution is -2.71. The van der Waals surface area contributed by atoms with Crippen LogP contribution in [0.2, 0.25) is 5.02 Å². The molecule has 0 spiro atoms. The van der Waals surface area contributed by atoms with Crippen LogP contribution < -0.4 is 11.1 Å². The van der Waals surface area contributed by atoms with E-state index in [0.717, 1.165) is 35.8 Å². The first-order valence-corrected chi connectivity index (χ1v) is 17.5. The summed E-state index contributed by atoms with van der Waals surface area (Å²) < 4.78 is 4.47. The van der Waals surface area contributed by atoms with Gasteiger partial charge in [-0.1, -0.05) is 16.8 Å². The molecule has 0 bridgehead atoms. The molecule has 1 aromatic carbocycles. The molecule has 0 radical (unpaired) electrons. The summed E-state index contributed by atoms with van der Waals surface area (Å²) in [6.07, 6.45) is 0.231. The molecule has 5 atom stereocenters. The Labute approximate surface area is 296 Å². The van der Waals surface area contributed by atoms with E-state index < -0.39 is 58.5 Å². The average Bonchev–Trinajstić information content (AvgIpc) is 3.70. The van der Waals surface area contributed by atoms with Crippen molar-refractivity contribution in [3.63, 3.8) is 0 Å². The predicted octanol–water partition coefficient (Wildman–Crippen LogP) is 0.253. The maximum absolute atomic E-state index is 13.5. The molecule has 7 N–H and O–H groups in total. The molecule has 18 nitrogen and oxygen atoms in total. The normalized spacial score (nSPS) is 25.4. The van der Waals surface area contributed by atoms with Crippen LogP contribution in [0.25, 0.3) is 0 Å². The second kappa shape index (κ2) is 13.6. The maximum Gasteiger partial charge on any atom is 0.352 e. The molecule has 6 rings (SSSR count). The summed E-state index contributed by atoms with van der Waals surface area (Å²) >= 11 is 8.22. The van der Waals surface area contributed by atoms with Crippen molar-refractivity contribution in [3.8, 4) is 11.5 Å². The summed E-state index contributed by atoms with van der Waals surface area (Å²) in [7, 11) is 0. The van der Waals surface area contributed by atoms with Crippen molar-refractivity contribution in [3.05, 3.63) is 39.8 Å². The van der Waals surface area contributed by atoms with Crippen molar-refractivity contribution in [2.45, 2.75) is 43.3 Å². The molecule has 5 heterocycles. The van der Waals surface area contributed by atoms with E-state index >= 15 is 0 Å². The number of aromatic hydroxyl groups is 2. The van der Waals surface area contributed by atoms with Crippen molar-refractivity contribution in [2.75, 3.05) is 44.2 Å². The fourth-order valence-corrected chi connectivity index (χ4v) is 8.78. The van der Waals surface area contributed by atoms with Gasteiger partial charge in [-0.15, -0.1) is 11.8 Å². The van der Waals surface area contributed by atoms with E-state index in [1.165, 1.54) is 30.8 Å². The summed E-state index contributed by atoms with van der Waals surface area (Å²) in [5.41, 5.74) is 5.62. The van der Waals surface area contributed by atoms with Gasteiger partial charge in [0, 0.05) is 35.7 Å². The number of benzene rings is 1. The van der Waals surface area contributed by atoms with Crippen LogP contribution in [0, 0.1) is 0 Å². The minimum absolute atomic E-state index is 0.00551. The summed E-state index contributed by atoms with van der Waals surface area (Å²) in [5.74, 6) is -5.59. The lowest BCUT2D eigenvalue weighted by Gasteiger charge is -2.51. The first-order valence-electron chi connectivity index (χ1n) is 15.3. The molecule has 266 valence electrons. The van der Waals surface area contributed by atoms with Crippen LogP contribution in [0.1, 0.15) is 35.9 Å². The number of carbonyl (C=O) groups is 5. The molecule has 21 heteroatoms. The van der Waals surface area contributed by atoms with Gasteiger partial charge < -0.3 is 45.7 Å². The van der Waals surface area contributed by atoms with Crippen molar-refractivity contribution in [1.29, 1.82) is 0 Å². The van der Waals surface area contributed by atoms with E-state index in [1.54, 1.807) is 4.90 Å². The zero-order valence-electron chi connectivity index (χ0n) is 26.3. The molecule has 0 aliphatic carbocycles. The number of hydrogen-bond donors (Lipinski definition) is 6. The second-order valence-corrected chi connectivity index (χ2v) is 14.5. The first-order chi connectivity index (χ1) is 23.7. The van der Waals surface area contributed by atoms with Gasteiger partial charge in [-0.25, -0.2) is 9.59 Å². The number of nitrogens with zero attached hydrogens (tertiary/aromatic N) is 6. The number of carbonyl (C=O) groups excluding carboxylic acids is 3. The van der Waals surface area contributed by atoms with Crippen LogP contribution in [0.15, 0.2) is 28.6 Å². The predicted molar refractivity (Wildman–Crippen MR) is 177 cm³/mol. The van der Waals surface area contributed by atoms with Crippen LogP contribution in [0.5, 0.6) is 11.5 Å². The van der Waals surface area contributed by atoms with Gasteiger partial charge in [-0.3, -0.25) is 19.3 Å². The minimum atomic E-state index is -1.41. The quantitative estimate of drug-likeness (QED) is 0.0626. The summed E-state index contributed by atoms with van der Waals surface area (Å²) in [6.45, 7) is 3.54. The molecule has 50 heavy (non-hydrogen) atoms. The molecular formula is C29H32ClN8O10S2+. The molecule has 3 amide bonds. The molecule has 4 aliphatic heterocycles. The smallest absolute Gasteiger partial charge is 0.352 e. The summed E-state index contributed by atoms with van der Waals surface area (Å²) in [5, 5.41) is 44.4. The highest BCUT2D eigenvalue weighted by molar-refractivity contribution is 8.00. The monoisotopic (exact) mass is 751 g/mol. The number of amides is 3. The third kappa shape index (κ3) is 6.27. The summed E-state index contributed by atoms with van der Waals surface area (Å²) in [4.78, 5) is 75.6. The highest BCUT2D eigenvalue weighted by Crippen LogP contribution is 2.43. The van der Waals surface area contributed by atoms with Crippen molar-refractivity contribution in [1.82, 2.24) is 24.5 Å². The maximum atomic E-state index is 13.5. The largest absolute Gasteiger partial charge is 0.504 e. The van der Waals surface area contributed by atoms with Gasteiger partial charge in [-0.05, 0) is 19.1 Å². The Bertz CT molecular complexity index is 1860. The molecule has 3 fully saturated rings. The Morgan fingerprint density at radius 2 is 2.00 bits per heavy atom. The number of oxime groups is 1. The van der Waals surface area contributed by atoms with E-state index in [4.69, 9.17) is 27.3 Å². The van der Waals surface area contributed by atoms with Crippen molar-refractivity contribution in [2.24, 2.45) is 5.16 Å². The first kappa shape index (κ1) is 35.2. The van der Waals surface area contributed by atoms with Gasteiger partial charge in [0.15, 0.2) is 16.6 Å². The Balaban J connectivity index is 1.18. The van der Waals surface area contributed by atoms with E-state index in [-0.39, 0.29) is 44.9 Å². The van der Waals surface area contributed by atoms with E-state index in [2.05, 4.69) is 19.8 Å². The van der Waals surface area contributed by atoms with Crippen molar-refractivity contribution >= 4 is 75.4 Å². The molecule has 2 aromatic rings. The highest BCUT2D eigenvalue weighted by atomic mass is 35.5. The van der Waals surface area contributed by atoms with Crippen LogP contribution in [-0.2, 0) is 24.0 Å². The zero-order valence-corrected chi connectivity index (χ0v) is 28.7. The van der Waals surface area contributed by atoms with Gasteiger partial charge in [0.05, 0.1) is 36.8 Å². The Kier molecular flexibility index (Phi) is 9.55. The van der Waals surface area contributed by atoms with Gasteiger partial charge >= 0.3 is 11.9 Å². The van der Waals surface area contributed by atoms with Gasteiger partial charge in [0.25, 0.3) is 17.7 Å². The minimum Gasteiger partial charge on any atom is -0.504 e. The Morgan fingerprint density at radius 3 is 2.68 bits per heavy atom. The Morgan fingerprint density at radius 1 is 1.24 bits per heavy atom. The Hall–Kier alpha value is -4.66. The number of nitrogen functional groups attached to an aromatic ring is 1. The number of halogens is 1. The van der Waals surface area contributed by atoms with Crippen LogP contribution in [0.3, 0.4) is 0 Å². The number of anilines is 1. The highest BCUT2D eigenvalue weighted by Gasteiger charge is 2.56. The van der Waals surface area contributed by atoms with Crippen molar-refractivity contribution < 1.29 is 53.7 Å². The topological polar surface area (TPSA) is 258 Å². The lowest BCUT2D eigenvalue weighted by molar-refractivity contribution is -0.938. The van der Waals surface area contributed by atoms with E-state index in [1.807, 2.05) is 0 Å². The number of carboxylic acids is 2. The number of nitrogens with two attached hydrogens (primary N) is 1. The van der Waals surface area contributed by atoms with Gasteiger partial charge in [-0.2, -0.15) is 9.36 Å². The SMILES string of the molecule is C[C@@H](O/N=C(\C(=O)N[C@@H]1C(=O)N2C(C(=O)O)=C(C[N+]34CCC[C@H]3CN(C(=O)c3ccc(O)c(O)c3Cl)CC4)CS[C@H]12)c1nsc(N)n1)C(=O)O. The molecule has 0 saturated carbocycles. The van der Waals surface area contributed by atoms with Gasteiger partial charge in [0.2, 0.25) is 17.6 Å². The number of thioether (sulfide) groups is 1. The number of quaternary nitrogens is 1. The number of aliphatic carboxylic acids is 2. The van der Waals surface area contributed by atoms with Crippen LogP contribution >= 0.6 is 34.9 Å². The summed E-state index contributed by atoms with van der Waals surface area (Å²) in [6, 6.07) is 1.41. The molecule has 1 unspecified atom stereocenters. The van der Waals surface area contributed by atoms with Gasteiger partial charge in [0.1, 0.15) is 29.7 Å². The third-order valence-corrected chi connectivity index (χ3v) is 11.6. The second-order valence-electron chi connectivity index (χ2n) is 12.3. The number of β-lactam (4-membered cyclic amide) rings is 1. The number of piperazine rings is 1. The third-order valence-electron chi connectivity index (χ3n) is 9.33. The van der Waals surface area contributed by atoms with E-state index in [0.29, 0.717) is 36.2 Å². The van der Waals surface area contributed by atoms with Crippen LogP contribution in [-0.4, -0.2) is 141 Å². The average molecular weight is 752 g/mol. The molecule has 3 saturated heterocycles. The fourth-order valence-electron chi connectivity index (χ4n) is 6.77. The number of nitrogens with one attached hydrogen (secondary N) is 1. The zero-order chi connectivity index (χ0) is 36.1. The molecule has 1 aromatic heterocycles. The van der Waals surface area contributed by atoms with Crippen LogP contribution in [0.4, 0.5) is 5.13 Å². The number of phenolic OH excluding ortho intramolecular Hbond substituents is 2. The lowest BCUT2D eigenvalue weighted by atomic mass is 10.0. The number of rotatable bonds is 10. The standard InChI is InChI=1S/C29H31ClN8O10S2/c1-12(27(44)45)48-34-18(22-33-29(31)50-35-22)23(41)32-19-25(43)37-20(28(46)47)13(11-49-26(19)37)10-38-7-2-3-14(38)9-36(6-8-38)24(42)15-4-5-16(39)21(40)17(15)30/h4-5,12,14,19,26H,2-3,6-11H2,1H3,(H6-,31,32,33,34,35,39,40,41,42,44,45,46,47)/p+1/t12-,14+,19-,26-,38?/m1/s1. The number of aromatic nitrogens is 2. The number of carboxylic acid groups (broad SMARTS) is 2. The molecular weight excluding hydrogens is 720 g/mol. The number of phenols is 2. The molecule has 4 aliphatic rings.